The maximum Gasteiger partial charge on any atom is 0.242 e. The van der Waals surface area contributed by atoms with Crippen molar-refractivity contribution in [3.05, 3.63) is 106 Å². The van der Waals surface area contributed by atoms with Crippen molar-refractivity contribution in [2.75, 3.05) is 6.54 Å². The van der Waals surface area contributed by atoms with E-state index in [9.17, 15) is 9.59 Å². The van der Waals surface area contributed by atoms with Crippen LogP contribution in [0.4, 0.5) is 0 Å². The molecule has 4 nitrogen and oxygen atoms in total. The molecule has 1 unspecified atom stereocenters. The number of hydrogen-bond donors (Lipinski definition) is 1. The molecule has 0 fully saturated rings. The first kappa shape index (κ1) is 24.8. The van der Waals surface area contributed by atoms with E-state index in [1.807, 2.05) is 67.6 Å². The summed E-state index contributed by atoms with van der Waals surface area (Å²) < 4.78 is 0. The zero-order valence-electron chi connectivity index (χ0n) is 18.8. The lowest BCUT2D eigenvalue weighted by Crippen LogP contribution is -2.48. The molecule has 0 saturated heterocycles. The van der Waals surface area contributed by atoms with Crippen LogP contribution < -0.4 is 5.32 Å². The smallest absolute Gasteiger partial charge is 0.242 e. The molecule has 0 saturated carbocycles. The summed E-state index contributed by atoms with van der Waals surface area (Å²) >= 11 is 12.8. The molecule has 172 valence electrons. The fourth-order valence-corrected chi connectivity index (χ4v) is 4.37. The molecular weight excluding hydrogens is 455 g/mol. The number of benzene rings is 3. The Labute approximate surface area is 205 Å². The standard InChI is InChI=1S/C27H28Cl2N2O2/c1-3-30-27(33)19(2)31(18-23-24(28)15-10-16-25(23)29)26(32)17-22(20-11-6-4-7-12-20)21-13-8-5-9-14-21/h4-16,19,22H,3,17-18H2,1-2H3,(H,30,33). The first-order chi connectivity index (χ1) is 15.9. The van der Waals surface area contributed by atoms with E-state index in [0.29, 0.717) is 22.2 Å². The van der Waals surface area contributed by atoms with Crippen LogP contribution in [-0.2, 0) is 16.1 Å². The van der Waals surface area contributed by atoms with Crippen LogP contribution in [0.1, 0.15) is 42.9 Å². The Bertz CT molecular complexity index is 1010. The van der Waals surface area contributed by atoms with Gasteiger partial charge in [0.1, 0.15) is 6.04 Å². The maximum absolute atomic E-state index is 13.7. The molecule has 0 spiro atoms. The number of carbonyl (C=O) groups excluding carboxylic acids is 2. The molecule has 6 heteroatoms. The molecule has 3 aromatic rings. The van der Waals surface area contributed by atoms with Gasteiger partial charge in [-0.25, -0.2) is 0 Å². The van der Waals surface area contributed by atoms with Gasteiger partial charge >= 0.3 is 0 Å². The van der Waals surface area contributed by atoms with Gasteiger partial charge in [0.15, 0.2) is 0 Å². The lowest BCUT2D eigenvalue weighted by Gasteiger charge is -2.31. The molecule has 1 atom stereocenters. The Morgan fingerprint density at radius 3 is 1.85 bits per heavy atom. The number of carbonyl (C=O) groups is 2. The van der Waals surface area contributed by atoms with Crippen LogP contribution in [0.3, 0.4) is 0 Å². The number of halogens is 2. The summed E-state index contributed by atoms with van der Waals surface area (Å²) in [6.45, 7) is 4.21. The van der Waals surface area contributed by atoms with Crippen LogP contribution in [0.5, 0.6) is 0 Å². The summed E-state index contributed by atoms with van der Waals surface area (Å²) in [5.41, 5.74) is 2.71. The first-order valence-electron chi connectivity index (χ1n) is 11.0. The quantitative estimate of drug-likeness (QED) is 0.402. The average Bonchev–Trinajstić information content (AvgIpc) is 2.83. The van der Waals surface area contributed by atoms with E-state index in [-0.39, 0.29) is 30.7 Å². The van der Waals surface area contributed by atoms with Gasteiger partial charge in [0, 0.05) is 41.0 Å². The zero-order valence-corrected chi connectivity index (χ0v) is 20.3. The summed E-state index contributed by atoms with van der Waals surface area (Å²) in [7, 11) is 0. The van der Waals surface area contributed by atoms with E-state index in [1.54, 1.807) is 30.0 Å². The lowest BCUT2D eigenvalue weighted by atomic mass is 9.88. The van der Waals surface area contributed by atoms with Gasteiger partial charge in [-0.15, -0.1) is 0 Å². The van der Waals surface area contributed by atoms with Crippen molar-refractivity contribution in [3.63, 3.8) is 0 Å². The maximum atomic E-state index is 13.7. The van der Waals surface area contributed by atoms with Gasteiger partial charge < -0.3 is 10.2 Å². The number of amides is 2. The van der Waals surface area contributed by atoms with Crippen LogP contribution in [-0.4, -0.2) is 29.3 Å². The van der Waals surface area contributed by atoms with Crippen molar-refractivity contribution in [3.8, 4) is 0 Å². The summed E-state index contributed by atoms with van der Waals surface area (Å²) in [5.74, 6) is -0.516. The van der Waals surface area contributed by atoms with Crippen molar-refractivity contribution in [2.45, 2.75) is 38.8 Å². The van der Waals surface area contributed by atoms with Crippen molar-refractivity contribution in [2.24, 2.45) is 0 Å². The van der Waals surface area contributed by atoms with Gasteiger partial charge in [-0.3, -0.25) is 9.59 Å². The van der Waals surface area contributed by atoms with Crippen molar-refractivity contribution in [1.29, 1.82) is 0 Å². The SMILES string of the molecule is CCNC(=O)C(C)N(Cc1c(Cl)cccc1Cl)C(=O)CC(c1ccccc1)c1ccccc1. The minimum Gasteiger partial charge on any atom is -0.355 e. The molecule has 0 aliphatic carbocycles. The predicted octanol–water partition coefficient (Wildman–Crippen LogP) is 6.07. The summed E-state index contributed by atoms with van der Waals surface area (Å²) in [4.78, 5) is 28.0. The molecule has 1 N–H and O–H groups in total. The molecule has 3 aromatic carbocycles. The van der Waals surface area contributed by atoms with Crippen molar-refractivity contribution in [1.82, 2.24) is 10.2 Å². The van der Waals surface area contributed by atoms with Crippen LogP contribution >= 0.6 is 23.2 Å². The van der Waals surface area contributed by atoms with Gasteiger partial charge in [-0.1, -0.05) is 89.9 Å². The predicted molar refractivity (Wildman–Crippen MR) is 135 cm³/mol. The average molecular weight is 483 g/mol. The van der Waals surface area contributed by atoms with E-state index in [1.165, 1.54) is 0 Å². The molecular formula is C27H28Cl2N2O2. The van der Waals surface area contributed by atoms with Crippen molar-refractivity contribution >= 4 is 35.0 Å². The third-order valence-corrected chi connectivity index (χ3v) is 6.40. The second-order valence-corrected chi connectivity index (χ2v) is 8.68. The van der Waals surface area contributed by atoms with E-state index >= 15 is 0 Å². The molecule has 2 amide bonds. The third kappa shape index (κ3) is 6.37. The highest BCUT2D eigenvalue weighted by Crippen LogP contribution is 2.31. The van der Waals surface area contributed by atoms with Crippen LogP contribution in [0.2, 0.25) is 10.0 Å². The van der Waals surface area contributed by atoms with Crippen molar-refractivity contribution < 1.29 is 9.59 Å². The first-order valence-corrected chi connectivity index (χ1v) is 11.8. The lowest BCUT2D eigenvalue weighted by molar-refractivity contribution is -0.140. The van der Waals surface area contributed by atoms with Gasteiger partial charge in [-0.2, -0.15) is 0 Å². The van der Waals surface area contributed by atoms with Crippen LogP contribution in [0.25, 0.3) is 0 Å². The summed E-state index contributed by atoms with van der Waals surface area (Å²) in [6, 6.07) is 24.4. The van der Waals surface area contributed by atoms with Gasteiger partial charge in [0.25, 0.3) is 0 Å². The normalized spacial score (nSPS) is 11.8. The van der Waals surface area contributed by atoms with Gasteiger partial charge in [-0.05, 0) is 37.1 Å². The topological polar surface area (TPSA) is 49.4 Å². The molecule has 0 aromatic heterocycles. The van der Waals surface area contributed by atoms with E-state index in [0.717, 1.165) is 11.1 Å². The number of rotatable bonds is 9. The highest BCUT2D eigenvalue weighted by atomic mass is 35.5. The largest absolute Gasteiger partial charge is 0.355 e. The summed E-state index contributed by atoms with van der Waals surface area (Å²) in [6.07, 6.45) is 0.208. The number of nitrogens with zero attached hydrogens (tertiary/aromatic N) is 1. The number of likely N-dealkylation sites (N-methyl/N-ethyl adjacent to an activating group) is 1. The number of hydrogen-bond acceptors (Lipinski definition) is 2. The third-order valence-electron chi connectivity index (χ3n) is 5.69. The fourth-order valence-electron chi connectivity index (χ4n) is 3.85. The summed E-state index contributed by atoms with van der Waals surface area (Å²) in [5, 5.41) is 3.74. The second kappa shape index (κ2) is 11.9. The second-order valence-electron chi connectivity index (χ2n) is 7.87. The van der Waals surface area contributed by atoms with Gasteiger partial charge in [0.2, 0.25) is 11.8 Å². The monoisotopic (exact) mass is 482 g/mol. The zero-order chi connectivity index (χ0) is 23.8. The Kier molecular flexibility index (Phi) is 8.93. The van der Waals surface area contributed by atoms with Crippen LogP contribution in [0, 0.1) is 0 Å². The molecule has 0 aliphatic heterocycles. The molecule has 0 aliphatic rings. The highest BCUT2D eigenvalue weighted by molar-refractivity contribution is 6.36. The Morgan fingerprint density at radius 1 is 0.848 bits per heavy atom. The molecule has 3 rings (SSSR count). The molecule has 0 heterocycles. The van der Waals surface area contributed by atoms with E-state index in [4.69, 9.17) is 23.2 Å². The highest BCUT2D eigenvalue weighted by Gasteiger charge is 2.29. The number of nitrogens with one attached hydrogen (secondary N) is 1. The Balaban J connectivity index is 1.96. The minimum absolute atomic E-state index is 0.145. The molecule has 0 radical (unpaired) electrons. The van der Waals surface area contributed by atoms with E-state index < -0.39 is 6.04 Å². The Morgan fingerprint density at radius 2 is 1.36 bits per heavy atom. The van der Waals surface area contributed by atoms with Crippen LogP contribution in [0.15, 0.2) is 78.9 Å². The van der Waals surface area contributed by atoms with E-state index in [2.05, 4.69) is 5.32 Å². The Hall–Kier alpha value is -2.82. The molecule has 0 bridgehead atoms. The molecule has 33 heavy (non-hydrogen) atoms. The van der Waals surface area contributed by atoms with Gasteiger partial charge in [0.05, 0.1) is 0 Å². The minimum atomic E-state index is -0.683. The fraction of sp³-hybridized carbons (Fsp3) is 0.259.